The highest BCUT2D eigenvalue weighted by atomic mass is 32.2. The molecule has 194 valence electrons. The van der Waals surface area contributed by atoms with E-state index in [-0.39, 0.29) is 39.9 Å². The van der Waals surface area contributed by atoms with Crippen molar-refractivity contribution in [2.24, 2.45) is 34.5 Å². The first-order valence-electron chi connectivity index (χ1n) is 12.3. The van der Waals surface area contributed by atoms with Crippen LogP contribution >= 0.6 is 11.3 Å². The lowest BCUT2D eigenvalue weighted by molar-refractivity contribution is -0.130. The SMILES string of the molecule is CCC1(C(=O)Nc2ccsc2C(=O)O)CC(C#CC(C)(C)C)CC(C2CN(S(C)(=O)=O)CC2C)C1. The molecule has 1 saturated carbocycles. The molecule has 7 nitrogen and oxygen atoms in total. The molecule has 0 bridgehead atoms. The van der Waals surface area contributed by atoms with Crippen LogP contribution in [0.2, 0.25) is 0 Å². The summed E-state index contributed by atoms with van der Waals surface area (Å²) in [4.78, 5) is 25.5. The Hall–Kier alpha value is -1.89. The molecule has 2 heterocycles. The number of carbonyl (C=O) groups excluding carboxylic acids is 1. The number of nitrogens with one attached hydrogen (secondary N) is 1. The highest BCUT2D eigenvalue weighted by molar-refractivity contribution is 7.88. The fourth-order valence-electron chi connectivity index (χ4n) is 5.64. The van der Waals surface area contributed by atoms with Crippen LogP contribution in [-0.4, -0.2) is 49.1 Å². The highest BCUT2D eigenvalue weighted by Crippen LogP contribution is 2.50. The van der Waals surface area contributed by atoms with Crippen LogP contribution in [0.3, 0.4) is 0 Å². The number of carboxylic acid groups (broad SMARTS) is 1. The molecule has 0 spiro atoms. The maximum atomic E-state index is 13.8. The minimum absolute atomic E-state index is 0.0135. The van der Waals surface area contributed by atoms with E-state index in [4.69, 9.17) is 0 Å². The third-order valence-electron chi connectivity index (χ3n) is 7.51. The van der Waals surface area contributed by atoms with Gasteiger partial charge >= 0.3 is 5.97 Å². The van der Waals surface area contributed by atoms with Crippen molar-refractivity contribution < 1.29 is 23.1 Å². The maximum absolute atomic E-state index is 13.8. The number of aromatic carboxylic acids is 1. The van der Waals surface area contributed by atoms with Crippen LogP contribution in [0.25, 0.3) is 0 Å². The lowest BCUT2D eigenvalue weighted by atomic mass is 9.60. The summed E-state index contributed by atoms with van der Waals surface area (Å²) >= 11 is 1.09. The molecule has 1 aromatic rings. The summed E-state index contributed by atoms with van der Waals surface area (Å²) in [5.41, 5.74) is -0.529. The fraction of sp³-hybridized carbons (Fsp3) is 0.692. The Bertz CT molecular complexity index is 1120. The van der Waals surface area contributed by atoms with E-state index in [9.17, 15) is 23.1 Å². The number of nitrogens with zero attached hydrogens (tertiary/aromatic N) is 1. The lowest BCUT2D eigenvalue weighted by Gasteiger charge is -2.44. The zero-order valence-corrected chi connectivity index (χ0v) is 23.2. The van der Waals surface area contributed by atoms with Crippen molar-refractivity contribution in [3.63, 3.8) is 0 Å². The minimum atomic E-state index is -3.28. The summed E-state index contributed by atoms with van der Waals surface area (Å²) < 4.78 is 26.0. The normalized spacial score (nSPS) is 29.9. The van der Waals surface area contributed by atoms with E-state index in [2.05, 4.69) is 44.9 Å². The molecule has 3 rings (SSSR count). The largest absolute Gasteiger partial charge is 0.477 e. The van der Waals surface area contributed by atoms with E-state index in [0.29, 0.717) is 38.0 Å². The van der Waals surface area contributed by atoms with Crippen LogP contribution < -0.4 is 5.32 Å². The molecular formula is C26H38N2O5S2. The Morgan fingerprint density at radius 3 is 2.51 bits per heavy atom. The predicted octanol–water partition coefficient (Wildman–Crippen LogP) is 4.77. The zero-order chi connectivity index (χ0) is 26.2. The topological polar surface area (TPSA) is 104 Å². The van der Waals surface area contributed by atoms with E-state index in [0.717, 1.165) is 17.8 Å². The molecule has 2 aliphatic rings. The van der Waals surface area contributed by atoms with Gasteiger partial charge in [-0.15, -0.1) is 11.3 Å². The third kappa shape index (κ3) is 6.46. The quantitative estimate of drug-likeness (QED) is 0.524. The molecule has 0 aromatic carbocycles. The molecule has 2 fully saturated rings. The number of hydrogen-bond acceptors (Lipinski definition) is 5. The Labute approximate surface area is 213 Å². The van der Waals surface area contributed by atoms with Gasteiger partial charge in [0.05, 0.1) is 17.4 Å². The maximum Gasteiger partial charge on any atom is 0.348 e. The molecule has 9 heteroatoms. The molecule has 1 aliphatic heterocycles. The zero-order valence-electron chi connectivity index (χ0n) is 21.6. The molecule has 35 heavy (non-hydrogen) atoms. The van der Waals surface area contributed by atoms with Crippen LogP contribution in [-0.2, 0) is 14.8 Å². The molecule has 5 atom stereocenters. The van der Waals surface area contributed by atoms with Gasteiger partial charge in [-0.1, -0.05) is 25.7 Å². The smallest absolute Gasteiger partial charge is 0.348 e. The first kappa shape index (κ1) is 27.7. The number of carboxylic acids is 1. The van der Waals surface area contributed by atoms with Gasteiger partial charge in [0.25, 0.3) is 0 Å². The molecule has 1 aromatic heterocycles. The molecular weight excluding hydrogens is 484 g/mol. The van der Waals surface area contributed by atoms with Crippen molar-refractivity contribution in [3.05, 3.63) is 16.3 Å². The van der Waals surface area contributed by atoms with Crippen molar-refractivity contribution in [1.82, 2.24) is 4.31 Å². The Morgan fingerprint density at radius 1 is 1.29 bits per heavy atom. The molecule has 0 radical (unpaired) electrons. The number of hydrogen-bond donors (Lipinski definition) is 2. The number of anilines is 1. The summed E-state index contributed by atoms with van der Waals surface area (Å²) in [5.74, 6) is 6.08. The second kappa shape index (κ2) is 10.2. The predicted molar refractivity (Wildman–Crippen MR) is 140 cm³/mol. The van der Waals surface area contributed by atoms with Gasteiger partial charge in [0.2, 0.25) is 15.9 Å². The van der Waals surface area contributed by atoms with E-state index in [1.807, 2.05) is 6.92 Å². The molecule has 5 unspecified atom stereocenters. The van der Waals surface area contributed by atoms with Crippen molar-refractivity contribution in [3.8, 4) is 11.8 Å². The number of rotatable bonds is 6. The number of thiophene rings is 1. The Balaban J connectivity index is 1.94. The first-order chi connectivity index (χ1) is 16.1. The second-order valence-corrected chi connectivity index (χ2v) is 14.3. The van der Waals surface area contributed by atoms with Crippen LogP contribution in [0.15, 0.2) is 11.4 Å². The van der Waals surface area contributed by atoms with Crippen LogP contribution in [0, 0.1) is 46.3 Å². The summed E-state index contributed by atoms with van der Waals surface area (Å²) in [6, 6.07) is 1.63. The molecule has 1 amide bonds. The monoisotopic (exact) mass is 522 g/mol. The highest BCUT2D eigenvalue weighted by Gasteiger charge is 2.49. The molecule has 1 aliphatic carbocycles. The number of amides is 1. The van der Waals surface area contributed by atoms with Crippen LogP contribution in [0.5, 0.6) is 0 Å². The lowest BCUT2D eigenvalue weighted by Crippen LogP contribution is -2.45. The average Bonchev–Trinajstić information content (AvgIpc) is 3.38. The van der Waals surface area contributed by atoms with Crippen LogP contribution in [0.4, 0.5) is 5.69 Å². The van der Waals surface area contributed by atoms with Gasteiger partial charge in [0.15, 0.2) is 0 Å². The van der Waals surface area contributed by atoms with Gasteiger partial charge in [-0.2, -0.15) is 0 Å². The van der Waals surface area contributed by atoms with E-state index >= 15 is 0 Å². The van der Waals surface area contributed by atoms with Crippen molar-refractivity contribution >= 4 is 38.9 Å². The summed E-state index contributed by atoms with van der Waals surface area (Å²) in [6.45, 7) is 11.3. The number of sulfonamides is 1. The van der Waals surface area contributed by atoms with Gasteiger partial charge in [-0.25, -0.2) is 17.5 Å². The summed E-state index contributed by atoms with van der Waals surface area (Å²) in [5, 5.41) is 14.1. The number of carbonyl (C=O) groups is 2. The van der Waals surface area contributed by atoms with Gasteiger partial charge in [0, 0.05) is 24.4 Å². The van der Waals surface area contributed by atoms with Gasteiger partial charge in [-0.3, -0.25) is 4.79 Å². The van der Waals surface area contributed by atoms with Crippen molar-refractivity contribution in [2.75, 3.05) is 24.7 Å². The third-order valence-corrected chi connectivity index (χ3v) is 9.64. The van der Waals surface area contributed by atoms with E-state index in [1.54, 1.807) is 15.8 Å². The summed E-state index contributed by atoms with van der Waals surface area (Å²) in [6.07, 6.45) is 3.95. The second-order valence-electron chi connectivity index (χ2n) is 11.4. The Morgan fingerprint density at radius 2 is 1.97 bits per heavy atom. The van der Waals surface area contributed by atoms with Gasteiger partial charge in [0.1, 0.15) is 4.88 Å². The van der Waals surface area contributed by atoms with Crippen molar-refractivity contribution in [1.29, 1.82) is 0 Å². The van der Waals surface area contributed by atoms with E-state index in [1.165, 1.54) is 6.26 Å². The van der Waals surface area contributed by atoms with Gasteiger partial charge in [-0.05, 0) is 75.7 Å². The standard InChI is InChI=1S/C26H38N2O5S2/c1-7-26(24(31)27-21-9-11-34-22(21)23(29)30)13-18(8-10-25(3,4)5)12-19(14-26)20-16-28(15-17(20)2)35(6,32)33/h9,11,17-20H,7,12-16H2,1-6H3,(H,27,31)(H,29,30). The average molecular weight is 523 g/mol. The van der Waals surface area contributed by atoms with Crippen LogP contribution in [0.1, 0.15) is 70.0 Å². The molecule has 1 saturated heterocycles. The first-order valence-corrected chi connectivity index (χ1v) is 15.0. The van der Waals surface area contributed by atoms with E-state index < -0.39 is 21.4 Å². The fourth-order valence-corrected chi connectivity index (χ4v) is 7.27. The molecule has 2 N–H and O–H groups in total. The van der Waals surface area contributed by atoms with Gasteiger partial charge < -0.3 is 10.4 Å². The minimum Gasteiger partial charge on any atom is -0.477 e. The van der Waals surface area contributed by atoms with Crippen molar-refractivity contribution in [2.45, 2.75) is 60.3 Å². The Kier molecular flexibility index (Phi) is 8.10. The summed E-state index contributed by atoms with van der Waals surface area (Å²) in [7, 11) is -3.28.